The minimum absolute atomic E-state index is 0.302. The van der Waals surface area contributed by atoms with Crippen LogP contribution in [0.2, 0.25) is 0 Å². The van der Waals surface area contributed by atoms with Crippen molar-refractivity contribution in [2.45, 2.75) is 37.7 Å². The van der Waals surface area contributed by atoms with Gasteiger partial charge in [0.15, 0.2) is 0 Å². The maximum atomic E-state index is 9.66. The largest absolute Gasteiger partial charge is 0.390 e. The summed E-state index contributed by atoms with van der Waals surface area (Å²) >= 11 is 3.33. The molecular formula is C7H13BrO. The van der Waals surface area contributed by atoms with Crippen molar-refractivity contribution in [3.05, 3.63) is 0 Å². The average Bonchev–Trinajstić information content (AvgIpc) is 2.16. The number of hydrogen-bond donors (Lipinski definition) is 1. The van der Waals surface area contributed by atoms with Gasteiger partial charge in [0.1, 0.15) is 0 Å². The number of aliphatic hydroxyl groups is 1. The summed E-state index contributed by atoms with van der Waals surface area (Å²) in [5.41, 5.74) is -0.302. The van der Waals surface area contributed by atoms with Crippen molar-refractivity contribution in [1.29, 1.82) is 0 Å². The van der Waals surface area contributed by atoms with Crippen molar-refractivity contribution in [1.82, 2.24) is 0 Å². The summed E-state index contributed by atoms with van der Waals surface area (Å²) in [5, 5.41) is 10.6. The van der Waals surface area contributed by atoms with Crippen LogP contribution in [0.4, 0.5) is 0 Å². The molecule has 1 aliphatic carbocycles. The molecule has 0 aliphatic heterocycles. The zero-order valence-corrected chi connectivity index (χ0v) is 7.15. The lowest BCUT2D eigenvalue weighted by atomic mass is 10.00. The van der Waals surface area contributed by atoms with Gasteiger partial charge in [-0.15, -0.1) is 0 Å². The van der Waals surface area contributed by atoms with E-state index in [1.165, 1.54) is 12.8 Å². The molecule has 1 saturated carbocycles. The molecule has 0 spiro atoms. The van der Waals surface area contributed by atoms with E-state index in [4.69, 9.17) is 0 Å². The molecule has 0 saturated heterocycles. The predicted molar refractivity (Wildman–Crippen MR) is 41.8 cm³/mol. The lowest BCUT2D eigenvalue weighted by molar-refractivity contribution is 0.0454. The van der Waals surface area contributed by atoms with Gasteiger partial charge in [-0.05, 0) is 19.3 Å². The second-order valence-electron chi connectivity index (χ2n) is 2.87. The van der Waals surface area contributed by atoms with Crippen LogP contribution < -0.4 is 0 Å². The van der Waals surface area contributed by atoms with Gasteiger partial charge in [-0.1, -0.05) is 28.8 Å². The summed E-state index contributed by atoms with van der Waals surface area (Å²) in [5.74, 6) is 0. The van der Waals surface area contributed by atoms with Crippen LogP contribution in [0.15, 0.2) is 0 Å². The molecule has 0 amide bonds. The number of alkyl halides is 1. The Morgan fingerprint density at radius 3 is 2.33 bits per heavy atom. The van der Waals surface area contributed by atoms with Crippen molar-refractivity contribution in [3.63, 3.8) is 0 Å². The number of hydrogen-bond acceptors (Lipinski definition) is 1. The van der Waals surface area contributed by atoms with E-state index in [-0.39, 0.29) is 5.60 Å². The molecule has 9 heavy (non-hydrogen) atoms. The van der Waals surface area contributed by atoms with Crippen LogP contribution in [0, 0.1) is 0 Å². The van der Waals surface area contributed by atoms with Crippen LogP contribution >= 0.6 is 15.9 Å². The van der Waals surface area contributed by atoms with E-state index in [1.807, 2.05) is 0 Å². The van der Waals surface area contributed by atoms with Gasteiger partial charge in [0.25, 0.3) is 0 Å². The molecular weight excluding hydrogens is 180 g/mol. The molecule has 1 aliphatic rings. The van der Waals surface area contributed by atoms with Gasteiger partial charge in [0.05, 0.1) is 5.60 Å². The lowest BCUT2D eigenvalue weighted by Gasteiger charge is -2.19. The van der Waals surface area contributed by atoms with Gasteiger partial charge < -0.3 is 5.11 Å². The minimum Gasteiger partial charge on any atom is -0.390 e. The highest BCUT2D eigenvalue weighted by molar-refractivity contribution is 9.09. The molecule has 2 heteroatoms. The van der Waals surface area contributed by atoms with E-state index < -0.39 is 0 Å². The molecule has 1 fully saturated rings. The first-order valence-corrected chi connectivity index (χ1v) is 4.67. The number of halogens is 1. The Balaban J connectivity index is 2.32. The summed E-state index contributed by atoms with van der Waals surface area (Å²) < 4.78 is 0. The number of rotatable bonds is 2. The first-order chi connectivity index (χ1) is 4.27. The van der Waals surface area contributed by atoms with Crippen molar-refractivity contribution < 1.29 is 5.11 Å². The highest BCUT2D eigenvalue weighted by Gasteiger charge is 2.29. The average molecular weight is 193 g/mol. The highest BCUT2D eigenvalue weighted by atomic mass is 79.9. The standard InChI is InChI=1S/C7H13BrO/c8-6-5-7(9)3-1-2-4-7/h9H,1-6H2. The van der Waals surface area contributed by atoms with E-state index in [2.05, 4.69) is 15.9 Å². The highest BCUT2D eigenvalue weighted by Crippen LogP contribution is 2.32. The fourth-order valence-corrected chi connectivity index (χ4v) is 2.20. The maximum absolute atomic E-state index is 9.66. The smallest absolute Gasteiger partial charge is 0.0655 e. The van der Waals surface area contributed by atoms with Crippen LogP contribution in [0.25, 0.3) is 0 Å². The molecule has 0 heterocycles. The molecule has 1 rings (SSSR count). The molecule has 0 radical (unpaired) electrons. The van der Waals surface area contributed by atoms with Crippen molar-refractivity contribution in [3.8, 4) is 0 Å². The van der Waals surface area contributed by atoms with Crippen molar-refractivity contribution in [2.24, 2.45) is 0 Å². The third-order valence-corrected chi connectivity index (χ3v) is 2.49. The summed E-state index contributed by atoms with van der Waals surface area (Å²) in [7, 11) is 0. The van der Waals surface area contributed by atoms with E-state index in [0.29, 0.717) is 0 Å². The first-order valence-electron chi connectivity index (χ1n) is 3.55. The summed E-state index contributed by atoms with van der Waals surface area (Å²) in [6.07, 6.45) is 5.37. The van der Waals surface area contributed by atoms with Gasteiger partial charge in [-0.25, -0.2) is 0 Å². The molecule has 0 bridgehead atoms. The van der Waals surface area contributed by atoms with Crippen LogP contribution in [-0.2, 0) is 0 Å². The van der Waals surface area contributed by atoms with E-state index in [0.717, 1.165) is 24.6 Å². The van der Waals surface area contributed by atoms with E-state index in [1.54, 1.807) is 0 Å². The Morgan fingerprint density at radius 2 is 1.89 bits per heavy atom. The van der Waals surface area contributed by atoms with Gasteiger partial charge in [-0.3, -0.25) is 0 Å². The Hall–Kier alpha value is 0.440. The van der Waals surface area contributed by atoms with Gasteiger partial charge in [-0.2, -0.15) is 0 Å². The fraction of sp³-hybridized carbons (Fsp3) is 1.00. The fourth-order valence-electron chi connectivity index (χ4n) is 1.46. The maximum Gasteiger partial charge on any atom is 0.0655 e. The molecule has 0 atom stereocenters. The van der Waals surface area contributed by atoms with E-state index in [9.17, 15) is 5.11 Å². The Kier molecular flexibility index (Phi) is 2.53. The monoisotopic (exact) mass is 192 g/mol. The summed E-state index contributed by atoms with van der Waals surface area (Å²) in [6.45, 7) is 0. The molecule has 0 unspecified atom stereocenters. The molecule has 54 valence electrons. The van der Waals surface area contributed by atoms with Crippen LogP contribution in [0.1, 0.15) is 32.1 Å². The summed E-state index contributed by atoms with van der Waals surface area (Å²) in [4.78, 5) is 0. The normalized spacial score (nSPS) is 24.7. The van der Waals surface area contributed by atoms with Crippen LogP contribution in [0.5, 0.6) is 0 Å². The second-order valence-corrected chi connectivity index (χ2v) is 3.66. The van der Waals surface area contributed by atoms with Crippen molar-refractivity contribution in [2.75, 3.05) is 5.33 Å². The third kappa shape index (κ3) is 1.94. The molecule has 1 N–H and O–H groups in total. The Bertz CT molecular complexity index is 86.9. The molecule has 0 aromatic carbocycles. The minimum atomic E-state index is -0.302. The SMILES string of the molecule is OC1(CCBr)CCCC1. The Morgan fingerprint density at radius 1 is 1.33 bits per heavy atom. The van der Waals surface area contributed by atoms with Gasteiger partial charge in [0, 0.05) is 5.33 Å². The van der Waals surface area contributed by atoms with Crippen LogP contribution in [0.3, 0.4) is 0 Å². The topological polar surface area (TPSA) is 20.2 Å². The molecule has 0 aromatic rings. The van der Waals surface area contributed by atoms with E-state index >= 15 is 0 Å². The third-order valence-electron chi connectivity index (χ3n) is 2.09. The van der Waals surface area contributed by atoms with Gasteiger partial charge >= 0.3 is 0 Å². The van der Waals surface area contributed by atoms with Gasteiger partial charge in [0.2, 0.25) is 0 Å². The second kappa shape index (κ2) is 3.02. The molecule has 1 nitrogen and oxygen atoms in total. The first kappa shape index (κ1) is 7.55. The Labute approximate surface area is 64.6 Å². The zero-order chi connectivity index (χ0) is 6.74. The lowest BCUT2D eigenvalue weighted by Crippen LogP contribution is -2.23. The zero-order valence-electron chi connectivity index (χ0n) is 5.57. The van der Waals surface area contributed by atoms with Crippen LogP contribution in [-0.4, -0.2) is 16.0 Å². The summed E-state index contributed by atoms with van der Waals surface area (Å²) in [6, 6.07) is 0. The predicted octanol–water partition coefficient (Wildman–Crippen LogP) is 2.08. The quantitative estimate of drug-likeness (QED) is 0.665. The van der Waals surface area contributed by atoms with Crippen molar-refractivity contribution >= 4 is 15.9 Å². The molecule has 0 aromatic heterocycles.